The number of nitrogens with zero attached hydrogens (tertiary/aromatic N) is 3. The number of methoxy groups -OCH3 is 1. The first-order chi connectivity index (χ1) is 13.7. The smallest absolute Gasteiger partial charge is 0.242 e. The Bertz CT molecular complexity index is 830. The summed E-state index contributed by atoms with van der Waals surface area (Å²) in [5, 5.41) is 0. The van der Waals surface area contributed by atoms with Crippen LogP contribution in [0.5, 0.6) is 5.75 Å². The van der Waals surface area contributed by atoms with E-state index in [2.05, 4.69) is 47.1 Å². The molecule has 2 aliphatic heterocycles. The SMILES string of the molecule is COc1ccccc1N1CCN(C(=O)CN2c3ccccc3CC[C@H]2C)CC1. The summed E-state index contributed by atoms with van der Waals surface area (Å²) >= 11 is 0. The van der Waals surface area contributed by atoms with Crippen molar-refractivity contribution in [2.24, 2.45) is 0 Å². The van der Waals surface area contributed by atoms with Crippen molar-refractivity contribution in [2.45, 2.75) is 25.8 Å². The van der Waals surface area contributed by atoms with Gasteiger partial charge in [0.15, 0.2) is 0 Å². The summed E-state index contributed by atoms with van der Waals surface area (Å²) in [7, 11) is 1.70. The Labute approximate surface area is 167 Å². The van der Waals surface area contributed by atoms with E-state index >= 15 is 0 Å². The molecule has 1 atom stereocenters. The van der Waals surface area contributed by atoms with Crippen LogP contribution in [0.2, 0.25) is 0 Å². The number of fused-ring (bicyclic) bond motifs is 1. The number of carbonyl (C=O) groups is 1. The van der Waals surface area contributed by atoms with Crippen LogP contribution in [-0.4, -0.2) is 56.7 Å². The molecule has 2 aromatic rings. The van der Waals surface area contributed by atoms with E-state index in [-0.39, 0.29) is 5.91 Å². The molecular formula is C23H29N3O2. The molecule has 2 heterocycles. The lowest BCUT2D eigenvalue weighted by Gasteiger charge is -2.40. The maximum absolute atomic E-state index is 13.0. The van der Waals surface area contributed by atoms with Crippen LogP contribution >= 0.6 is 0 Å². The minimum atomic E-state index is 0.225. The fraction of sp³-hybridized carbons (Fsp3) is 0.435. The molecule has 4 rings (SSSR count). The third kappa shape index (κ3) is 3.66. The van der Waals surface area contributed by atoms with Crippen LogP contribution in [0.1, 0.15) is 18.9 Å². The number of piperazine rings is 1. The number of benzene rings is 2. The largest absolute Gasteiger partial charge is 0.495 e. The van der Waals surface area contributed by atoms with E-state index < -0.39 is 0 Å². The van der Waals surface area contributed by atoms with Crippen LogP contribution in [0.4, 0.5) is 11.4 Å². The van der Waals surface area contributed by atoms with Crippen molar-refractivity contribution < 1.29 is 9.53 Å². The van der Waals surface area contributed by atoms with E-state index in [0.717, 1.165) is 50.5 Å². The topological polar surface area (TPSA) is 36.0 Å². The predicted octanol–water partition coefficient (Wildman–Crippen LogP) is 3.19. The van der Waals surface area contributed by atoms with Gasteiger partial charge in [-0.25, -0.2) is 0 Å². The summed E-state index contributed by atoms with van der Waals surface area (Å²) < 4.78 is 5.49. The van der Waals surface area contributed by atoms with E-state index in [0.29, 0.717) is 12.6 Å². The fourth-order valence-electron chi connectivity index (χ4n) is 4.33. The molecule has 5 heteroatoms. The number of hydrogen-bond acceptors (Lipinski definition) is 4. The van der Waals surface area contributed by atoms with Gasteiger partial charge in [-0.15, -0.1) is 0 Å². The molecule has 148 valence electrons. The maximum atomic E-state index is 13.0. The highest BCUT2D eigenvalue weighted by Crippen LogP contribution is 2.31. The van der Waals surface area contributed by atoms with Gasteiger partial charge in [0.2, 0.25) is 5.91 Å². The molecule has 28 heavy (non-hydrogen) atoms. The van der Waals surface area contributed by atoms with Gasteiger partial charge >= 0.3 is 0 Å². The van der Waals surface area contributed by atoms with Crippen molar-refractivity contribution >= 4 is 17.3 Å². The normalized spacial score (nSPS) is 19.4. The van der Waals surface area contributed by atoms with Crippen molar-refractivity contribution in [1.29, 1.82) is 0 Å². The summed E-state index contributed by atoms with van der Waals surface area (Å²) in [5.74, 6) is 1.12. The number of amides is 1. The van der Waals surface area contributed by atoms with Gasteiger partial charge in [0.05, 0.1) is 19.3 Å². The Hall–Kier alpha value is -2.69. The van der Waals surface area contributed by atoms with Crippen LogP contribution in [-0.2, 0) is 11.2 Å². The Morgan fingerprint density at radius 2 is 1.68 bits per heavy atom. The molecule has 0 spiro atoms. The lowest BCUT2D eigenvalue weighted by Crippen LogP contribution is -2.52. The minimum absolute atomic E-state index is 0.225. The van der Waals surface area contributed by atoms with Crippen molar-refractivity contribution in [3.05, 3.63) is 54.1 Å². The number of carbonyl (C=O) groups excluding carboxylic acids is 1. The molecule has 0 aliphatic carbocycles. The summed E-state index contributed by atoms with van der Waals surface area (Å²) in [5.41, 5.74) is 3.69. The van der Waals surface area contributed by atoms with Gasteiger partial charge in [-0.05, 0) is 43.5 Å². The van der Waals surface area contributed by atoms with E-state index in [1.165, 1.54) is 11.3 Å². The molecular weight excluding hydrogens is 350 g/mol. The van der Waals surface area contributed by atoms with Crippen molar-refractivity contribution in [1.82, 2.24) is 4.90 Å². The van der Waals surface area contributed by atoms with Crippen LogP contribution in [0, 0.1) is 0 Å². The van der Waals surface area contributed by atoms with Gasteiger partial charge in [0.1, 0.15) is 5.75 Å². The highest BCUT2D eigenvalue weighted by Gasteiger charge is 2.28. The van der Waals surface area contributed by atoms with E-state index in [1.54, 1.807) is 7.11 Å². The van der Waals surface area contributed by atoms with E-state index in [4.69, 9.17) is 4.74 Å². The second-order valence-electron chi connectivity index (χ2n) is 7.68. The molecule has 2 aliphatic rings. The first-order valence-electron chi connectivity index (χ1n) is 10.2. The first kappa shape index (κ1) is 18.7. The van der Waals surface area contributed by atoms with Crippen LogP contribution in [0.3, 0.4) is 0 Å². The quantitative estimate of drug-likeness (QED) is 0.817. The van der Waals surface area contributed by atoms with Gasteiger partial charge in [-0.1, -0.05) is 30.3 Å². The summed E-state index contributed by atoms with van der Waals surface area (Å²) in [6.45, 7) is 5.85. The van der Waals surface area contributed by atoms with Crippen molar-refractivity contribution in [3.8, 4) is 5.75 Å². The third-order valence-electron chi connectivity index (χ3n) is 6.03. The minimum Gasteiger partial charge on any atom is -0.495 e. The average Bonchev–Trinajstić information content (AvgIpc) is 2.75. The predicted molar refractivity (Wildman–Crippen MR) is 113 cm³/mol. The summed E-state index contributed by atoms with van der Waals surface area (Å²) in [6, 6.07) is 17.0. The number of para-hydroxylation sites is 3. The number of rotatable bonds is 4. The Balaban J connectivity index is 1.40. The molecule has 1 saturated heterocycles. The van der Waals surface area contributed by atoms with Gasteiger partial charge in [-0.2, -0.15) is 0 Å². The molecule has 2 aromatic carbocycles. The first-order valence-corrected chi connectivity index (χ1v) is 10.2. The fourth-order valence-corrected chi connectivity index (χ4v) is 4.33. The summed E-state index contributed by atoms with van der Waals surface area (Å²) in [4.78, 5) is 19.6. The molecule has 5 nitrogen and oxygen atoms in total. The van der Waals surface area contributed by atoms with E-state index in [1.807, 2.05) is 23.1 Å². The Kier molecular flexibility index (Phi) is 5.42. The zero-order valence-corrected chi connectivity index (χ0v) is 16.8. The number of aryl methyl sites for hydroxylation is 1. The average molecular weight is 380 g/mol. The Morgan fingerprint density at radius 3 is 2.43 bits per heavy atom. The third-order valence-corrected chi connectivity index (χ3v) is 6.03. The monoisotopic (exact) mass is 379 g/mol. The van der Waals surface area contributed by atoms with Crippen molar-refractivity contribution in [2.75, 3.05) is 49.6 Å². The van der Waals surface area contributed by atoms with Gasteiger partial charge in [0, 0.05) is 37.9 Å². The van der Waals surface area contributed by atoms with E-state index in [9.17, 15) is 4.79 Å². The van der Waals surface area contributed by atoms with Crippen LogP contribution in [0.15, 0.2) is 48.5 Å². The summed E-state index contributed by atoms with van der Waals surface area (Å²) in [6.07, 6.45) is 2.20. The zero-order valence-electron chi connectivity index (χ0n) is 16.8. The number of hydrogen-bond donors (Lipinski definition) is 0. The van der Waals surface area contributed by atoms with Gasteiger partial charge in [0.25, 0.3) is 0 Å². The molecule has 0 bridgehead atoms. The molecule has 0 saturated carbocycles. The van der Waals surface area contributed by atoms with Crippen LogP contribution < -0.4 is 14.5 Å². The molecule has 1 amide bonds. The lowest BCUT2D eigenvalue weighted by atomic mass is 9.96. The molecule has 0 radical (unpaired) electrons. The zero-order chi connectivity index (χ0) is 19.5. The number of ether oxygens (including phenoxy) is 1. The van der Waals surface area contributed by atoms with Gasteiger partial charge < -0.3 is 19.4 Å². The highest BCUT2D eigenvalue weighted by atomic mass is 16.5. The lowest BCUT2D eigenvalue weighted by molar-refractivity contribution is -0.130. The standard InChI is InChI=1S/C23H29N3O2/c1-18-11-12-19-7-3-4-8-20(19)26(18)17-23(27)25-15-13-24(14-16-25)21-9-5-6-10-22(21)28-2/h3-10,18H,11-17H2,1-2H3/t18-/m1/s1. The van der Waals surface area contributed by atoms with Gasteiger partial charge in [-0.3, -0.25) is 4.79 Å². The second kappa shape index (κ2) is 8.13. The molecule has 0 aromatic heterocycles. The van der Waals surface area contributed by atoms with Crippen molar-refractivity contribution in [3.63, 3.8) is 0 Å². The molecule has 0 N–H and O–H groups in total. The second-order valence-corrected chi connectivity index (χ2v) is 7.68. The molecule has 1 fully saturated rings. The van der Waals surface area contributed by atoms with Crippen LogP contribution in [0.25, 0.3) is 0 Å². The molecule has 0 unspecified atom stereocenters. The Morgan fingerprint density at radius 1 is 1.00 bits per heavy atom. The maximum Gasteiger partial charge on any atom is 0.242 e. The highest BCUT2D eigenvalue weighted by molar-refractivity contribution is 5.82. The number of anilines is 2.